The smallest absolute Gasteiger partial charge is 0.319 e. The molecule has 0 atom stereocenters. The second-order valence-electron chi connectivity index (χ2n) is 5.27. The summed E-state index contributed by atoms with van der Waals surface area (Å²) in [6.07, 6.45) is 5.10. The molecule has 0 aliphatic rings. The molecule has 128 valence electrons. The molecule has 3 aromatic rings. The number of nitrogens with one attached hydrogen (secondary N) is 2. The van der Waals surface area contributed by atoms with Gasteiger partial charge in [-0.1, -0.05) is 6.07 Å². The lowest BCUT2D eigenvalue weighted by Crippen LogP contribution is -2.28. The van der Waals surface area contributed by atoms with Gasteiger partial charge >= 0.3 is 6.03 Å². The van der Waals surface area contributed by atoms with Crippen molar-refractivity contribution in [1.29, 1.82) is 0 Å². The Morgan fingerprint density at radius 1 is 1.16 bits per heavy atom. The number of nitrogens with zero attached hydrogens (tertiary/aromatic N) is 3. The van der Waals surface area contributed by atoms with Crippen LogP contribution in [-0.4, -0.2) is 20.6 Å². The summed E-state index contributed by atoms with van der Waals surface area (Å²) in [7, 11) is 0. The van der Waals surface area contributed by atoms with E-state index in [9.17, 15) is 13.6 Å². The van der Waals surface area contributed by atoms with Gasteiger partial charge in [0.15, 0.2) is 11.6 Å². The topological polar surface area (TPSA) is 71.8 Å². The summed E-state index contributed by atoms with van der Waals surface area (Å²) in [5, 5.41) is 5.11. The van der Waals surface area contributed by atoms with Gasteiger partial charge in [0.2, 0.25) is 0 Å². The molecule has 0 aliphatic carbocycles. The standard InChI is InChI=1S/C17H15F2N5O/c1-11-20-7-8-24(11)16-12(3-2-6-21-16)10-22-17(25)23-13-4-5-14(18)15(19)9-13/h2-9H,10H2,1H3,(H2,22,23,25). The van der Waals surface area contributed by atoms with E-state index in [2.05, 4.69) is 20.6 Å². The molecule has 0 radical (unpaired) electrons. The van der Waals surface area contributed by atoms with Crippen molar-refractivity contribution in [2.75, 3.05) is 5.32 Å². The van der Waals surface area contributed by atoms with Gasteiger partial charge in [-0.15, -0.1) is 0 Å². The van der Waals surface area contributed by atoms with Crippen LogP contribution in [0.3, 0.4) is 0 Å². The number of hydrogen-bond donors (Lipinski definition) is 2. The van der Waals surface area contributed by atoms with Crippen LogP contribution >= 0.6 is 0 Å². The van der Waals surface area contributed by atoms with Gasteiger partial charge in [0.05, 0.1) is 0 Å². The van der Waals surface area contributed by atoms with E-state index in [1.807, 2.05) is 17.6 Å². The molecule has 2 aromatic heterocycles. The second-order valence-corrected chi connectivity index (χ2v) is 5.27. The van der Waals surface area contributed by atoms with E-state index in [4.69, 9.17) is 0 Å². The molecule has 0 saturated heterocycles. The van der Waals surface area contributed by atoms with Crippen molar-refractivity contribution in [2.24, 2.45) is 0 Å². The number of pyridine rings is 1. The Hall–Kier alpha value is -3.29. The van der Waals surface area contributed by atoms with Gasteiger partial charge in [-0.05, 0) is 25.1 Å². The van der Waals surface area contributed by atoms with Gasteiger partial charge in [-0.25, -0.2) is 23.5 Å². The Balaban J connectivity index is 1.68. The van der Waals surface area contributed by atoms with Gasteiger partial charge in [0.1, 0.15) is 11.6 Å². The lowest BCUT2D eigenvalue weighted by molar-refractivity contribution is 0.251. The van der Waals surface area contributed by atoms with Crippen molar-refractivity contribution < 1.29 is 13.6 Å². The molecular formula is C17H15F2N5O. The van der Waals surface area contributed by atoms with Crippen molar-refractivity contribution in [2.45, 2.75) is 13.5 Å². The molecule has 0 aliphatic heterocycles. The lowest BCUT2D eigenvalue weighted by atomic mass is 10.2. The molecule has 0 bridgehead atoms. The van der Waals surface area contributed by atoms with E-state index in [1.54, 1.807) is 24.7 Å². The van der Waals surface area contributed by atoms with Gasteiger partial charge < -0.3 is 10.6 Å². The number of halogens is 2. The van der Waals surface area contributed by atoms with Crippen LogP contribution in [0.25, 0.3) is 5.82 Å². The van der Waals surface area contributed by atoms with Crippen molar-refractivity contribution in [3.63, 3.8) is 0 Å². The molecule has 25 heavy (non-hydrogen) atoms. The number of benzene rings is 1. The van der Waals surface area contributed by atoms with Crippen LogP contribution in [0.4, 0.5) is 19.3 Å². The van der Waals surface area contributed by atoms with Crippen LogP contribution in [0, 0.1) is 18.6 Å². The lowest BCUT2D eigenvalue weighted by Gasteiger charge is -2.12. The summed E-state index contributed by atoms with van der Waals surface area (Å²) in [5.74, 6) is -0.568. The highest BCUT2D eigenvalue weighted by Gasteiger charge is 2.10. The number of rotatable bonds is 4. The monoisotopic (exact) mass is 343 g/mol. The predicted octanol–water partition coefficient (Wildman–Crippen LogP) is 3.18. The van der Waals surface area contributed by atoms with Crippen LogP contribution in [0.2, 0.25) is 0 Å². The zero-order valence-electron chi connectivity index (χ0n) is 13.3. The molecule has 3 rings (SSSR count). The van der Waals surface area contributed by atoms with E-state index >= 15 is 0 Å². The predicted molar refractivity (Wildman–Crippen MR) is 88.3 cm³/mol. The van der Waals surface area contributed by atoms with E-state index in [-0.39, 0.29) is 12.2 Å². The highest BCUT2D eigenvalue weighted by atomic mass is 19.2. The minimum absolute atomic E-state index is 0.160. The third-order valence-electron chi connectivity index (χ3n) is 3.54. The molecule has 6 nitrogen and oxygen atoms in total. The van der Waals surface area contributed by atoms with Gasteiger partial charge in [-0.3, -0.25) is 4.57 Å². The first-order chi connectivity index (χ1) is 12.0. The van der Waals surface area contributed by atoms with E-state index in [1.165, 1.54) is 6.07 Å². The van der Waals surface area contributed by atoms with Gasteiger partial charge in [0.25, 0.3) is 0 Å². The zero-order valence-corrected chi connectivity index (χ0v) is 13.3. The van der Waals surface area contributed by atoms with Gasteiger partial charge in [0, 0.05) is 42.5 Å². The van der Waals surface area contributed by atoms with Gasteiger partial charge in [-0.2, -0.15) is 0 Å². The molecule has 8 heteroatoms. The maximum Gasteiger partial charge on any atom is 0.319 e. The average molecular weight is 343 g/mol. The number of imidazole rings is 1. The molecule has 0 fully saturated rings. The Labute approximate surface area is 142 Å². The summed E-state index contributed by atoms with van der Waals surface area (Å²) >= 11 is 0. The number of carbonyl (C=O) groups excluding carboxylic acids is 1. The number of urea groups is 1. The third kappa shape index (κ3) is 3.79. The van der Waals surface area contributed by atoms with Crippen LogP contribution in [0.15, 0.2) is 48.9 Å². The average Bonchev–Trinajstić information content (AvgIpc) is 3.02. The second kappa shape index (κ2) is 7.08. The normalized spacial score (nSPS) is 10.5. The molecule has 2 heterocycles. The fourth-order valence-electron chi connectivity index (χ4n) is 2.31. The first-order valence-corrected chi connectivity index (χ1v) is 7.48. The maximum absolute atomic E-state index is 13.2. The van der Waals surface area contributed by atoms with E-state index in [0.29, 0.717) is 5.82 Å². The number of aryl methyl sites for hydroxylation is 1. The van der Waals surface area contributed by atoms with Crippen molar-refractivity contribution in [1.82, 2.24) is 19.9 Å². The Morgan fingerprint density at radius 3 is 2.72 bits per heavy atom. The first kappa shape index (κ1) is 16.6. The minimum Gasteiger partial charge on any atom is -0.334 e. The number of carbonyl (C=O) groups is 1. The highest BCUT2D eigenvalue weighted by Crippen LogP contribution is 2.14. The number of anilines is 1. The van der Waals surface area contributed by atoms with Crippen LogP contribution < -0.4 is 10.6 Å². The quantitative estimate of drug-likeness (QED) is 0.764. The molecule has 0 spiro atoms. The Kier molecular flexibility index (Phi) is 4.69. The zero-order chi connectivity index (χ0) is 17.8. The largest absolute Gasteiger partial charge is 0.334 e. The van der Waals surface area contributed by atoms with Crippen LogP contribution in [-0.2, 0) is 6.54 Å². The number of aromatic nitrogens is 3. The van der Waals surface area contributed by atoms with Crippen LogP contribution in [0.5, 0.6) is 0 Å². The molecule has 0 saturated carbocycles. The van der Waals surface area contributed by atoms with E-state index < -0.39 is 17.7 Å². The van der Waals surface area contributed by atoms with Crippen molar-refractivity contribution >= 4 is 11.7 Å². The third-order valence-corrected chi connectivity index (χ3v) is 3.54. The van der Waals surface area contributed by atoms with Crippen molar-refractivity contribution in [3.8, 4) is 5.82 Å². The van der Waals surface area contributed by atoms with E-state index in [0.717, 1.165) is 23.5 Å². The summed E-state index contributed by atoms with van der Waals surface area (Å²) < 4.78 is 27.9. The summed E-state index contributed by atoms with van der Waals surface area (Å²) in [6.45, 7) is 2.05. The number of hydrogen-bond acceptors (Lipinski definition) is 3. The molecule has 2 N–H and O–H groups in total. The summed E-state index contributed by atoms with van der Waals surface area (Å²) in [4.78, 5) is 20.5. The molecular weight excluding hydrogens is 328 g/mol. The SMILES string of the molecule is Cc1nccn1-c1ncccc1CNC(=O)Nc1ccc(F)c(F)c1. The Morgan fingerprint density at radius 2 is 2.00 bits per heavy atom. The molecule has 1 aromatic carbocycles. The summed E-state index contributed by atoms with van der Waals surface area (Å²) in [5.41, 5.74) is 0.942. The first-order valence-electron chi connectivity index (χ1n) is 7.48. The van der Waals surface area contributed by atoms with Crippen LogP contribution in [0.1, 0.15) is 11.4 Å². The fourth-order valence-corrected chi connectivity index (χ4v) is 2.31. The van der Waals surface area contributed by atoms with Crippen molar-refractivity contribution in [3.05, 3.63) is 71.9 Å². The summed E-state index contributed by atoms with van der Waals surface area (Å²) in [6, 6.07) is 6.20. The number of amides is 2. The maximum atomic E-state index is 13.2. The highest BCUT2D eigenvalue weighted by molar-refractivity contribution is 5.89. The minimum atomic E-state index is -1.03. The molecule has 0 unspecified atom stereocenters. The molecule has 2 amide bonds. The fraction of sp³-hybridized carbons (Fsp3) is 0.118. The Bertz CT molecular complexity index is 910.